The molecule has 0 N–H and O–H groups in total. The second kappa shape index (κ2) is 9.79. The number of hydrogen-bond donors (Lipinski definition) is 0. The molecule has 31 heavy (non-hydrogen) atoms. The lowest BCUT2D eigenvalue weighted by molar-refractivity contribution is -0.123. The maximum absolute atomic E-state index is 13.1. The standard InChI is InChI=1S/C25H29N3O3/c1-2-18-31-22-10-8-21(9-11-22)28-24(29)19-23(25(28)30)27-16-14-26(15-17-27)13-12-20-6-4-3-5-7-20/h3-13,23H,2,14-19H2,1H3/b13-12+/t23-/m1/s1. The van der Waals surface area contributed by atoms with Gasteiger partial charge in [-0.15, -0.1) is 0 Å². The quantitative estimate of drug-likeness (QED) is 0.644. The zero-order valence-electron chi connectivity index (χ0n) is 17.9. The van der Waals surface area contributed by atoms with Crippen LogP contribution in [0.25, 0.3) is 6.08 Å². The van der Waals surface area contributed by atoms with E-state index in [-0.39, 0.29) is 24.3 Å². The third kappa shape index (κ3) is 4.97. The van der Waals surface area contributed by atoms with Crippen molar-refractivity contribution < 1.29 is 14.3 Å². The van der Waals surface area contributed by atoms with Crippen LogP contribution in [0.1, 0.15) is 25.3 Å². The number of carbonyl (C=O) groups excluding carboxylic acids is 2. The summed E-state index contributed by atoms with van der Waals surface area (Å²) in [4.78, 5) is 31.4. The number of amides is 2. The molecule has 2 aromatic carbocycles. The third-order valence-corrected chi connectivity index (χ3v) is 5.76. The fraction of sp³-hybridized carbons (Fsp3) is 0.360. The fourth-order valence-corrected chi connectivity index (χ4v) is 4.04. The Hall–Kier alpha value is -3.12. The van der Waals surface area contributed by atoms with Gasteiger partial charge in [-0.1, -0.05) is 37.3 Å². The summed E-state index contributed by atoms with van der Waals surface area (Å²) in [7, 11) is 0. The van der Waals surface area contributed by atoms with Gasteiger partial charge in [0.25, 0.3) is 5.91 Å². The molecule has 2 amide bonds. The normalized spacial score (nSPS) is 20.1. The molecule has 0 aliphatic carbocycles. The van der Waals surface area contributed by atoms with Crippen molar-refractivity contribution in [2.24, 2.45) is 0 Å². The van der Waals surface area contributed by atoms with Crippen molar-refractivity contribution in [3.8, 4) is 5.75 Å². The van der Waals surface area contributed by atoms with Gasteiger partial charge in [-0.3, -0.25) is 14.5 Å². The topological polar surface area (TPSA) is 53.1 Å². The van der Waals surface area contributed by atoms with Gasteiger partial charge in [-0.25, -0.2) is 4.90 Å². The Kier molecular flexibility index (Phi) is 6.67. The maximum atomic E-state index is 13.1. The largest absolute Gasteiger partial charge is 0.494 e. The van der Waals surface area contributed by atoms with E-state index in [0.29, 0.717) is 12.3 Å². The molecule has 0 unspecified atom stereocenters. The highest BCUT2D eigenvalue weighted by Gasteiger charge is 2.43. The summed E-state index contributed by atoms with van der Waals surface area (Å²) in [5, 5.41) is 0. The highest BCUT2D eigenvalue weighted by atomic mass is 16.5. The van der Waals surface area contributed by atoms with E-state index in [0.717, 1.165) is 38.3 Å². The lowest BCUT2D eigenvalue weighted by atomic mass is 10.1. The SMILES string of the molecule is CCCOc1ccc(N2C(=O)C[C@@H](N3CCN(/C=C/c4ccccc4)CC3)C2=O)cc1. The second-order valence-corrected chi connectivity index (χ2v) is 7.93. The molecule has 2 heterocycles. The number of rotatable bonds is 7. The van der Waals surface area contributed by atoms with Crippen molar-refractivity contribution in [3.05, 3.63) is 66.4 Å². The lowest BCUT2D eigenvalue weighted by Gasteiger charge is -2.36. The number of imide groups is 1. The van der Waals surface area contributed by atoms with Gasteiger partial charge in [0.05, 0.1) is 24.8 Å². The van der Waals surface area contributed by atoms with E-state index in [1.54, 1.807) is 12.1 Å². The van der Waals surface area contributed by atoms with E-state index in [2.05, 4.69) is 41.1 Å². The van der Waals surface area contributed by atoms with E-state index < -0.39 is 0 Å². The highest BCUT2D eigenvalue weighted by Crippen LogP contribution is 2.28. The van der Waals surface area contributed by atoms with Crippen molar-refractivity contribution >= 4 is 23.6 Å². The van der Waals surface area contributed by atoms with Crippen molar-refractivity contribution in [1.82, 2.24) is 9.80 Å². The molecule has 162 valence electrons. The van der Waals surface area contributed by atoms with E-state index in [1.807, 2.05) is 30.3 Å². The first kappa shape index (κ1) is 21.1. The summed E-state index contributed by atoms with van der Waals surface area (Å²) in [5.41, 5.74) is 1.79. The smallest absolute Gasteiger partial charge is 0.251 e. The molecule has 2 aliphatic rings. The summed E-state index contributed by atoms with van der Waals surface area (Å²) >= 11 is 0. The van der Waals surface area contributed by atoms with Crippen LogP contribution in [0.5, 0.6) is 5.75 Å². The number of ether oxygens (including phenoxy) is 1. The van der Waals surface area contributed by atoms with Crippen LogP contribution in [-0.4, -0.2) is 60.4 Å². The highest BCUT2D eigenvalue weighted by molar-refractivity contribution is 6.22. The average Bonchev–Trinajstić information content (AvgIpc) is 3.11. The van der Waals surface area contributed by atoms with Crippen molar-refractivity contribution in [2.75, 3.05) is 37.7 Å². The lowest BCUT2D eigenvalue weighted by Crippen LogP contribution is -2.51. The number of nitrogens with zero attached hydrogens (tertiary/aromatic N) is 3. The maximum Gasteiger partial charge on any atom is 0.251 e. The van der Waals surface area contributed by atoms with E-state index >= 15 is 0 Å². The number of anilines is 1. The van der Waals surface area contributed by atoms with Crippen LogP contribution in [-0.2, 0) is 9.59 Å². The molecule has 0 aromatic heterocycles. The average molecular weight is 420 g/mol. The molecule has 0 spiro atoms. The van der Waals surface area contributed by atoms with Crippen molar-refractivity contribution in [1.29, 1.82) is 0 Å². The Morgan fingerprint density at radius 1 is 0.968 bits per heavy atom. The van der Waals surface area contributed by atoms with Crippen LogP contribution in [0, 0.1) is 0 Å². The van der Waals surface area contributed by atoms with Gasteiger partial charge < -0.3 is 9.64 Å². The van der Waals surface area contributed by atoms with E-state index in [9.17, 15) is 9.59 Å². The molecule has 0 radical (unpaired) electrons. The van der Waals surface area contributed by atoms with Crippen LogP contribution in [0.15, 0.2) is 60.8 Å². The van der Waals surface area contributed by atoms with Gasteiger partial charge in [0.15, 0.2) is 0 Å². The molecular weight excluding hydrogens is 390 g/mol. The molecule has 2 aliphatic heterocycles. The molecule has 2 fully saturated rings. The second-order valence-electron chi connectivity index (χ2n) is 7.93. The molecule has 2 aromatic rings. The Balaban J connectivity index is 1.34. The Labute approximate surface area is 183 Å². The van der Waals surface area contributed by atoms with Crippen molar-refractivity contribution in [3.63, 3.8) is 0 Å². The summed E-state index contributed by atoms with van der Waals surface area (Å²) < 4.78 is 5.59. The molecular formula is C25H29N3O3. The summed E-state index contributed by atoms with van der Waals surface area (Å²) in [5.74, 6) is 0.491. The van der Waals surface area contributed by atoms with Gasteiger partial charge in [0, 0.05) is 26.2 Å². The molecule has 2 saturated heterocycles. The van der Waals surface area contributed by atoms with Crippen LogP contribution in [0.2, 0.25) is 0 Å². The van der Waals surface area contributed by atoms with Gasteiger partial charge >= 0.3 is 0 Å². The molecule has 6 nitrogen and oxygen atoms in total. The van der Waals surface area contributed by atoms with Crippen LogP contribution in [0.3, 0.4) is 0 Å². The minimum Gasteiger partial charge on any atom is -0.494 e. The first-order chi connectivity index (χ1) is 15.2. The van der Waals surface area contributed by atoms with Gasteiger partial charge in [-0.2, -0.15) is 0 Å². The number of hydrogen-bond acceptors (Lipinski definition) is 5. The number of benzene rings is 2. The van der Waals surface area contributed by atoms with Gasteiger partial charge in [-0.05, 0) is 48.5 Å². The summed E-state index contributed by atoms with van der Waals surface area (Å²) in [6.45, 7) is 5.90. The van der Waals surface area contributed by atoms with E-state index in [4.69, 9.17) is 4.74 Å². The zero-order valence-corrected chi connectivity index (χ0v) is 17.9. The first-order valence-corrected chi connectivity index (χ1v) is 11.0. The van der Waals surface area contributed by atoms with Crippen LogP contribution >= 0.6 is 0 Å². The molecule has 6 heteroatoms. The summed E-state index contributed by atoms with van der Waals surface area (Å²) in [6, 6.07) is 17.0. The zero-order chi connectivity index (χ0) is 21.6. The minimum absolute atomic E-state index is 0.125. The molecule has 0 bridgehead atoms. The monoisotopic (exact) mass is 419 g/mol. The minimum atomic E-state index is -0.372. The van der Waals surface area contributed by atoms with Crippen LogP contribution < -0.4 is 9.64 Å². The number of piperazine rings is 1. The first-order valence-electron chi connectivity index (χ1n) is 11.0. The Morgan fingerprint density at radius 2 is 1.68 bits per heavy atom. The molecule has 4 rings (SSSR count). The predicted molar refractivity (Wildman–Crippen MR) is 122 cm³/mol. The van der Waals surface area contributed by atoms with Gasteiger partial charge in [0.2, 0.25) is 5.91 Å². The van der Waals surface area contributed by atoms with Crippen molar-refractivity contribution in [2.45, 2.75) is 25.8 Å². The third-order valence-electron chi connectivity index (χ3n) is 5.76. The predicted octanol–water partition coefficient (Wildman–Crippen LogP) is 3.40. The molecule has 1 atom stereocenters. The Morgan fingerprint density at radius 3 is 2.35 bits per heavy atom. The van der Waals surface area contributed by atoms with Gasteiger partial charge in [0.1, 0.15) is 5.75 Å². The Bertz CT molecular complexity index is 919. The fourth-order valence-electron chi connectivity index (χ4n) is 4.04. The van der Waals surface area contributed by atoms with E-state index in [1.165, 1.54) is 10.5 Å². The van der Waals surface area contributed by atoms with Crippen LogP contribution in [0.4, 0.5) is 5.69 Å². The summed E-state index contributed by atoms with van der Waals surface area (Å²) in [6.07, 6.45) is 5.40. The molecule has 0 saturated carbocycles. The number of carbonyl (C=O) groups is 2.